The highest BCUT2D eigenvalue weighted by atomic mass is 32.1. The van der Waals surface area contributed by atoms with Crippen LogP contribution in [0.2, 0.25) is 0 Å². The van der Waals surface area contributed by atoms with Crippen molar-refractivity contribution in [1.82, 2.24) is 10.2 Å². The molecule has 1 N–H and O–H groups in total. The summed E-state index contributed by atoms with van der Waals surface area (Å²) in [5, 5.41) is 3.30. The maximum absolute atomic E-state index is 12.1. The molecule has 0 aromatic carbocycles. The van der Waals surface area contributed by atoms with Gasteiger partial charge in [-0.15, -0.1) is 11.3 Å². The van der Waals surface area contributed by atoms with Gasteiger partial charge in [-0.25, -0.2) is 0 Å². The van der Waals surface area contributed by atoms with Gasteiger partial charge in [-0.2, -0.15) is 0 Å². The van der Waals surface area contributed by atoms with Crippen molar-refractivity contribution >= 4 is 17.2 Å². The molecule has 1 fully saturated rings. The van der Waals surface area contributed by atoms with Gasteiger partial charge in [0.25, 0.3) is 5.91 Å². The predicted molar refractivity (Wildman–Crippen MR) is 62.4 cm³/mol. The molecule has 4 heteroatoms. The third-order valence-electron chi connectivity index (χ3n) is 2.58. The first kappa shape index (κ1) is 10.6. The minimum absolute atomic E-state index is 0.191. The highest BCUT2D eigenvalue weighted by Gasteiger charge is 2.17. The van der Waals surface area contributed by atoms with Crippen LogP contribution in [-0.2, 0) is 0 Å². The molecule has 1 aliphatic heterocycles. The van der Waals surface area contributed by atoms with E-state index in [1.54, 1.807) is 11.3 Å². The Morgan fingerprint density at radius 2 is 2.27 bits per heavy atom. The van der Waals surface area contributed by atoms with Crippen molar-refractivity contribution in [1.29, 1.82) is 0 Å². The number of hydrogen-bond donors (Lipinski definition) is 1. The first-order valence-electron chi connectivity index (χ1n) is 5.34. The maximum Gasteiger partial charge on any atom is 0.263 e. The SMILES string of the molecule is Cc1ccc(C(=O)N2CCCNCC2)s1. The van der Waals surface area contributed by atoms with Gasteiger partial charge in [0.2, 0.25) is 0 Å². The fraction of sp³-hybridized carbons (Fsp3) is 0.545. The Morgan fingerprint density at radius 3 is 3.00 bits per heavy atom. The zero-order valence-corrected chi connectivity index (χ0v) is 9.77. The second-order valence-electron chi connectivity index (χ2n) is 3.81. The van der Waals surface area contributed by atoms with Crippen LogP contribution < -0.4 is 5.32 Å². The maximum atomic E-state index is 12.1. The van der Waals surface area contributed by atoms with Gasteiger partial charge in [0, 0.05) is 24.5 Å². The zero-order chi connectivity index (χ0) is 10.7. The van der Waals surface area contributed by atoms with E-state index in [0.717, 1.165) is 37.5 Å². The summed E-state index contributed by atoms with van der Waals surface area (Å²) >= 11 is 1.58. The van der Waals surface area contributed by atoms with E-state index in [0.29, 0.717) is 0 Å². The molecule has 1 amide bonds. The third kappa shape index (κ3) is 2.58. The first-order valence-corrected chi connectivity index (χ1v) is 6.15. The number of thiophene rings is 1. The van der Waals surface area contributed by atoms with E-state index in [4.69, 9.17) is 0 Å². The molecule has 0 aliphatic carbocycles. The molecule has 0 spiro atoms. The van der Waals surface area contributed by atoms with Crippen LogP contribution >= 0.6 is 11.3 Å². The normalized spacial score (nSPS) is 17.5. The highest BCUT2D eigenvalue weighted by Crippen LogP contribution is 2.17. The van der Waals surface area contributed by atoms with Gasteiger partial charge in [0.1, 0.15) is 0 Å². The molecule has 0 unspecified atom stereocenters. The average Bonchev–Trinajstić information content (AvgIpc) is 2.53. The minimum Gasteiger partial charge on any atom is -0.337 e. The van der Waals surface area contributed by atoms with Gasteiger partial charge < -0.3 is 10.2 Å². The molecule has 15 heavy (non-hydrogen) atoms. The third-order valence-corrected chi connectivity index (χ3v) is 3.57. The van der Waals surface area contributed by atoms with Crippen LogP contribution in [0.4, 0.5) is 0 Å². The van der Waals surface area contributed by atoms with Crippen molar-refractivity contribution in [3.05, 3.63) is 21.9 Å². The lowest BCUT2D eigenvalue weighted by atomic mass is 10.3. The molecule has 0 radical (unpaired) electrons. The molecular formula is C11H16N2OS. The average molecular weight is 224 g/mol. The molecule has 0 atom stereocenters. The first-order chi connectivity index (χ1) is 7.27. The lowest BCUT2D eigenvalue weighted by Gasteiger charge is -2.18. The number of amides is 1. The summed E-state index contributed by atoms with van der Waals surface area (Å²) in [5.41, 5.74) is 0. The second-order valence-corrected chi connectivity index (χ2v) is 5.09. The summed E-state index contributed by atoms with van der Waals surface area (Å²) in [6.07, 6.45) is 1.05. The Balaban J connectivity index is 2.06. The molecule has 1 aromatic rings. The Kier molecular flexibility index (Phi) is 3.38. The van der Waals surface area contributed by atoms with Crippen LogP contribution in [0.1, 0.15) is 21.0 Å². The molecule has 1 aliphatic rings. The largest absolute Gasteiger partial charge is 0.337 e. The van der Waals surface area contributed by atoms with Gasteiger partial charge in [0.15, 0.2) is 0 Å². The van der Waals surface area contributed by atoms with Crippen molar-refractivity contribution < 1.29 is 4.79 Å². The Labute approximate surface area is 94.1 Å². The molecular weight excluding hydrogens is 208 g/mol. The zero-order valence-electron chi connectivity index (χ0n) is 8.95. The highest BCUT2D eigenvalue weighted by molar-refractivity contribution is 7.13. The van der Waals surface area contributed by atoms with Gasteiger partial charge in [-0.05, 0) is 32.0 Å². The van der Waals surface area contributed by atoms with E-state index < -0.39 is 0 Å². The van der Waals surface area contributed by atoms with Crippen molar-refractivity contribution in [2.75, 3.05) is 26.2 Å². The van der Waals surface area contributed by atoms with E-state index in [-0.39, 0.29) is 5.91 Å². The minimum atomic E-state index is 0.191. The number of carbonyl (C=O) groups excluding carboxylic acids is 1. The number of aryl methyl sites for hydroxylation is 1. The van der Waals surface area contributed by atoms with Crippen LogP contribution in [0.3, 0.4) is 0 Å². The molecule has 0 bridgehead atoms. The monoisotopic (exact) mass is 224 g/mol. The number of nitrogens with one attached hydrogen (secondary N) is 1. The number of nitrogens with zero attached hydrogens (tertiary/aromatic N) is 1. The number of carbonyl (C=O) groups is 1. The second kappa shape index (κ2) is 4.77. The van der Waals surface area contributed by atoms with E-state index in [1.165, 1.54) is 4.88 Å². The topological polar surface area (TPSA) is 32.3 Å². The Bertz CT molecular complexity index is 340. The summed E-state index contributed by atoms with van der Waals surface area (Å²) in [5.74, 6) is 0.191. The Hall–Kier alpha value is -0.870. The van der Waals surface area contributed by atoms with E-state index in [1.807, 2.05) is 24.0 Å². The summed E-state index contributed by atoms with van der Waals surface area (Å²) in [6, 6.07) is 3.94. The van der Waals surface area contributed by atoms with Crippen LogP contribution in [0.15, 0.2) is 12.1 Å². The summed E-state index contributed by atoms with van der Waals surface area (Å²) in [6.45, 7) is 5.67. The van der Waals surface area contributed by atoms with Gasteiger partial charge in [-0.3, -0.25) is 4.79 Å². The quantitative estimate of drug-likeness (QED) is 0.784. The molecule has 82 valence electrons. The molecule has 0 saturated carbocycles. The standard InChI is InChI=1S/C11H16N2OS/c1-9-3-4-10(15-9)11(14)13-7-2-5-12-6-8-13/h3-4,12H,2,5-8H2,1H3. The van der Waals surface area contributed by atoms with Crippen molar-refractivity contribution in [3.63, 3.8) is 0 Å². The summed E-state index contributed by atoms with van der Waals surface area (Å²) in [4.78, 5) is 16.1. The van der Waals surface area contributed by atoms with Gasteiger partial charge >= 0.3 is 0 Å². The fourth-order valence-corrected chi connectivity index (χ4v) is 2.59. The molecule has 3 nitrogen and oxygen atoms in total. The lowest BCUT2D eigenvalue weighted by Crippen LogP contribution is -2.33. The molecule has 2 rings (SSSR count). The van der Waals surface area contributed by atoms with Crippen molar-refractivity contribution in [2.24, 2.45) is 0 Å². The van der Waals surface area contributed by atoms with Crippen LogP contribution in [0.5, 0.6) is 0 Å². The van der Waals surface area contributed by atoms with Crippen molar-refractivity contribution in [3.8, 4) is 0 Å². The van der Waals surface area contributed by atoms with Crippen LogP contribution in [0, 0.1) is 6.92 Å². The predicted octanol–water partition coefficient (Wildman–Crippen LogP) is 1.49. The van der Waals surface area contributed by atoms with E-state index in [9.17, 15) is 4.79 Å². The lowest BCUT2D eigenvalue weighted by molar-refractivity contribution is 0.0771. The smallest absolute Gasteiger partial charge is 0.263 e. The summed E-state index contributed by atoms with van der Waals surface area (Å²) in [7, 11) is 0. The molecule has 1 aromatic heterocycles. The molecule has 1 saturated heterocycles. The number of rotatable bonds is 1. The van der Waals surface area contributed by atoms with Crippen LogP contribution in [0.25, 0.3) is 0 Å². The Morgan fingerprint density at radius 1 is 1.40 bits per heavy atom. The van der Waals surface area contributed by atoms with Crippen LogP contribution in [-0.4, -0.2) is 37.0 Å². The molecule has 2 heterocycles. The van der Waals surface area contributed by atoms with E-state index in [2.05, 4.69) is 5.32 Å². The van der Waals surface area contributed by atoms with Gasteiger partial charge in [0.05, 0.1) is 4.88 Å². The van der Waals surface area contributed by atoms with E-state index >= 15 is 0 Å². The fourth-order valence-electron chi connectivity index (χ4n) is 1.75. The summed E-state index contributed by atoms with van der Waals surface area (Å²) < 4.78 is 0. The van der Waals surface area contributed by atoms with Crippen molar-refractivity contribution in [2.45, 2.75) is 13.3 Å². The number of hydrogen-bond acceptors (Lipinski definition) is 3. The van der Waals surface area contributed by atoms with Gasteiger partial charge in [-0.1, -0.05) is 0 Å².